The van der Waals surface area contributed by atoms with E-state index in [4.69, 9.17) is 4.98 Å². The first-order valence-corrected chi connectivity index (χ1v) is 10.2. The van der Waals surface area contributed by atoms with E-state index in [1.165, 1.54) is 12.8 Å². The molecule has 1 saturated heterocycles. The number of rotatable bonds is 6. The van der Waals surface area contributed by atoms with E-state index in [0.29, 0.717) is 18.5 Å². The predicted molar refractivity (Wildman–Crippen MR) is 111 cm³/mol. The zero-order chi connectivity index (χ0) is 20.1. The van der Waals surface area contributed by atoms with E-state index in [2.05, 4.69) is 16.5 Å². The van der Waals surface area contributed by atoms with Crippen LogP contribution in [0.1, 0.15) is 57.8 Å². The van der Waals surface area contributed by atoms with Crippen LogP contribution < -0.4 is 5.32 Å². The van der Waals surface area contributed by atoms with Crippen molar-refractivity contribution in [3.8, 4) is 0 Å². The Morgan fingerprint density at radius 1 is 1.18 bits per heavy atom. The van der Waals surface area contributed by atoms with Crippen molar-refractivity contribution in [2.24, 2.45) is 0 Å². The molecule has 1 aliphatic rings. The molecule has 150 valence electrons. The van der Waals surface area contributed by atoms with E-state index in [1.807, 2.05) is 36.1 Å². The van der Waals surface area contributed by atoms with Crippen molar-refractivity contribution >= 4 is 22.8 Å². The van der Waals surface area contributed by atoms with Gasteiger partial charge in [0.25, 0.3) is 0 Å². The van der Waals surface area contributed by atoms with Crippen LogP contribution in [0.5, 0.6) is 0 Å². The molecule has 1 N–H and O–H groups in total. The van der Waals surface area contributed by atoms with E-state index < -0.39 is 0 Å². The Morgan fingerprint density at radius 2 is 1.86 bits per heavy atom. The number of aromatic nitrogens is 2. The van der Waals surface area contributed by atoms with Crippen LogP contribution in [0.3, 0.4) is 0 Å². The molecule has 1 aromatic carbocycles. The van der Waals surface area contributed by atoms with Crippen LogP contribution in [0.4, 0.5) is 0 Å². The van der Waals surface area contributed by atoms with Gasteiger partial charge in [0.05, 0.1) is 17.1 Å². The summed E-state index contributed by atoms with van der Waals surface area (Å²) in [5, 5.41) is 2.94. The summed E-state index contributed by atoms with van der Waals surface area (Å²) in [5.41, 5.74) is 2.32. The average Bonchev–Trinajstić information content (AvgIpc) is 2.85. The molecule has 1 fully saturated rings. The molecule has 28 heavy (non-hydrogen) atoms. The number of hydrogen-bond donors (Lipinski definition) is 1. The van der Waals surface area contributed by atoms with Crippen LogP contribution in [0.25, 0.3) is 11.0 Å². The first-order valence-electron chi connectivity index (χ1n) is 10.2. The summed E-state index contributed by atoms with van der Waals surface area (Å²) in [5.74, 6) is 0.774. The quantitative estimate of drug-likeness (QED) is 0.777. The predicted octanol–water partition coefficient (Wildman–Crippen LogP) is 3.58. The molecule has 1 unspecified atom stereocenters. The number of benzene rings is 1. The van der Waals surface area contributed by atoms with Gasteiger partial charge >= 0.3 is 0 Å². The summed E-state index contributed by atoms with van der Waals surface area (Å²) in [7, 11) is 0. The molecule has 1 aromatic heterocycles. The molecule has 0 spiro atoms. The topological polar surface area (TPSA) is 67.2 Å². The van der Waals surface area contributed by atoms with Crippen LogP contribution >= 0.6 is 0 Å². The monoisotopic (exact) mass is 382 g/mol. The van der Waals surface area contributed by atoms with Crippen molar-refractivity contribution in [2.45, 2.75) is 58.5 Å². The number of hydrogen-bond acceptors (Lipinski definition) is 3. The summed E-state index contributed by atoms with van der Waals surface area (Å²) in [6.07, 6.45) is 5.04. The van der Waals surface area contributed by atoms with Gasteiger partial charge in [0.2, 0.25) is 11.8 Å². The second-order valence-electron chi connectivity index (χ2n) is 7.63. The van der Waals surface area contributed by atoms with Crippen LogP contribution in [0, 0.1) is 0 Å². The van der Waals surface area contributed by atoms with Crippen molar-refractivity contribution in [1.29, 1.82) is 0 Å². The van der Waals surface area contributed by atoms with E-state index in [1.54, 1.807) is 6.92 Å². The number of nitrogens with one attached hydrogen (secondary N) is 1. The lowest BCUT2D eigenvalue weighted by atomic mass is 10.2. The molecule has 2 heterocycles. The van der Waals surface area contributed by atoms with E-state index in [9.17, 15) is 9.59 Å². The van der Waals surface area contributed by atoms with Gasteiger partial charge in [0, 0.05) is 31.6 Å². The van der Waals surface area contributed by atoms with E-state index in [0.717, 1.165) is 42.8 Å². The number of likely N-dealkylation sites (tertiary alicyclic amines) is 1. The van der Waals surface area contributed by atoms with Crippen LogP contribution in [0.2, 0.25) is 0 Å². The summed E-state index contributed by atoms with van der Waals surface area (Å²) < 4.78 is 2.06. The summed E-state index contributed by atoms with van der Waals surface area (Å²) in [6, 6.07) is 7.61. The molecule has 1 atom stereocenters. The van der Waals surface area contributed by atoms with Crippen molar-refractivity contribution in [1.82, 2.24) is 19.8 Å². The zero-order valence-electron chi connectivity index (χ0n) is 16.9. The minimum Gasteiger partial charge on any atom is -0.343 e. The van der Waals surface area contributed by atoms with Gasteiger partial charge in [-0.15, -0.1) is 0 Å². The van der Waals surface area contributed by atoms with E-state index >= 15 is 0 Å². The molecule has 2 aromatic rings. The number of carbonyl (C=O) groups is 2. The van der Waals surface area contributed by atoms with Crippen molar-refractivity contribution < 1.29 is 9.59 Å². The Kier molecular flexibility index (Phi) is 6.49. The molecular formula is C22H30N4O2. The third-order valence-electron chi connectivity index (χ3n) is 5.31. The first kappa shape index (κ1) is 20.1. The second kappa shape index (κ2) is 9.04. The number of amides is 2. The molecule has 3 rings (SSSR count). The molecule has 0 bridgehead atoms. The zero-order valence-corrected chi connectivity index (χ0v) is 16.9. The Labute approximate surface area is 166 Å². The van der Waals surface area contributed by atoms with Gasteiger partial charge in [-0.25, -0.2) is 4.98 Å². The SMILES string of the molecule is C=C(C)C(=O)NC(C)c1nc2ccccc2n1CCC(=O)N1CCCCCC1. The fourth-order valence-corrected chi connectivity index (χ4v) is 3.73. The van der Waals surface area contributed by atoms with Gasteiger partial charge < -0.3 is 14.8 Å². The lowest BCUT2D eigenvalue weighted by molar-refractivity contribution is -0.131. The highest BCUT2D eigenvalue weighted by Crippen LogP contribution is 2.22. The van der Waals surface area contributed by atoms with Gasteiger partial charge in [0.1, 0.15) is 5.82 Å². The van der Waals surface area contributed by atoms with Gasteiger partial charge in [-0.05, 0) is 38.8 Å². The normalized spacial score (nSPS) is 15.9. The fraction of sp³-hybridized carbons (Fsp3) is 0.500. The largest absolute Gasteiger partial charge is 0.343 e. The van der Waals surface area contributed by atoms with Gasteiger partial charge in [0.15, 0.2) is 0 Å². The van der Waals surface area contributed by atoms with Crippen molar-refractivity contribution in [2.75, 3.05) is 13.1 Å². The van der Waals surface area contributed by atoms with Crippen LogP contribution in [0.15, 0.2) is 36.4 Å². The molecule has 0 aliphatic carbocycles. The number of aryl methyl sites for hydroxylation is 1. The highest BCUT2D eigenvalue weighted by atomic mass is 16.2. The number of imidazole rings is 1. The van der Waals surface area contributed by atoms with E-state index in [-0.39, 0.29) is 17.9 Å². The van der Waals surface area contributed by atoms with Crippen LogP contribution in [-0.4, -0.2) is 39.4 Å². The number of para-hydroxylation sites is 2. The molecular weight excluding hydrogens is 352 g/mol. The summed E-state index contributed by atoms with van der Waals surface area (Å²) >= 11 is 0. The van der Waals surface area contributed by atoms with Gasteiger partial charge in [-0.2, -0.15) is 0 Å². The highest BCUT2D eigenvalue weighted by Gasteiger charge is 2.21. The minimum atomic E-state index is -0.273. The van der Waals surface area contributed by atoms with Gasteiger partial charge in [-0.1, -0.05) is 31.6 Å². The Hall–Kier alpha value is -2.63. The summed E-state index contributed by atoms with van der Waals surface area (Å²) in [6.45, 7) is 9.57. The molecule has 1 aliphatic heterocycles. The second-order valence-corrected chi connectivity index (χ2v) is 7.63. The molecule has 0 radical (unpaired) electrons. The standard InChI is InChI=1S/C22H30N4O2/c1-16(2)22(28)23-17(3)21-24-18-10-6-7-11-19(18)26(21)15-12-20(27)25-13-8-4-5-9-14-25/h6-7,10-11,17H,1,4-5,8-9,12-15H2,2-3H3,(H,23,28). The minimum absolute atomic E-state index is 0.188. The maximum absolute atomic E-state index is 12.7. The Morgan fingerprint density at radius 3 is 2.54 bits per heavy atom. The highest BCUT2D eigenvalue weighted by molar-refractivity contribution is 5.92. The third-order valence-corrected chi connectivity index (χ3v) is 5.31. The Bertz CT molecular complexity index is 863. The maximum Gasteiger partial charge on any atom is 0.246 e. The molecule has 6 heteroatoms. The average molecular weight is 383 g/mol. The summed E-state index contributed by atoms with van der Waals surface area (Å²) in [4.78, 5) is 31.5. The maximum atomic E-state index is 12.7. The van der Waals surface area contributed by atoms with Gasteiger partial charge in [-0.3, -0.25) is 9.59 Å². The lowest BCUT2D eigenvalue weighted by Gasteiger charge is -2.21. The van der Waals surface area contributed by atoms with Crippen LogP contribution in [-0.2, 0) is 16.1 Å². The fourth-order valence-electron chi connectivity index (χ4n) is 3.73. The smallest absolute Gasteiger partial charge is 0.246 e. The Balaban J connectivity index is 1.79. The molecule has 6 nitrogen and oxygen atoms in total. The number of fused-ring (bicyclic) bond motifs is 1. The number of nitrogens with zero attached hydrogens (tertiary/aromatic N) is 3. The molecule has 2 amide bonds. The third kappa shape index (κ3) is 4.61. The van der Waals surface area contributed by atoms with Crippen molar-refractivity contribution in [3.05, 3.63) is 42.2 Å². The number of carbonyl (C=O) groups excluding carboxylic acids is 2. The van der Waals surface area contributed by atoms with Crippen molar-refractivity contribution in [3.63, 3.8) is 0 Å². The molecule has 0 saturated carbocycles. The lowest BCUT2D eigenvalue weighted by Crippen LogP contribution is -2.33. The first-order chi connectivity index (χ1) is 13.5.